The smallest absolute Gasteiger partial charge is 0.00990 e. The van der Waals surface area contributed by atoms with E-state index in [1.165, 1.54) is 76.5 Å². The van der Waals surface area contributed by atoms with Crippen molar-refractivity contribution in [2.75, 3.05) is 0 Å². The van der Waals surface area contributed by atoms with Gasteiger partial charge in [-0.15, -0.1) is 0 Å². The maximum atomic E-state index is 2.36. The van der Waals surface area contributed by atoms with Gasteiger partial charge in [0, 0.05) is 0 Å². The van der Waals surface area contributed by atoms with Crippen LogP contribution in [-0.2, 0) is 0 Å². The summed E-state index contributed by atoms with van der Waals surface area (Å²) in [5, 5.41) is 9.85. The van der Waals surface area contributed by atoms with Crippen LogP contribution in [0.5, 0.6) is 0 Å². The maximum absolute atomic E-state index is 2.36. The molecule has 11 aromatic rings. The summed E-state index contributed by atoms with van der Waals surface area (Å²) in [6.45, 7) is 0. The van der Waals surface area contributed by atoms with Gasteiger partial charge < -0.3 is 0 Å². The SMILES string of the molecule is C(=Cc1cc2cc3ccccc3cc2cc1C=Cc1ccccc1C=C(c1ccccc1)c1cccc2ccccc12)c1ccccc1C=C(c1ccccc1)c1cccc2ccccc12. The number of benzene rings is 11. The third-order valence-electron chi connectivity index (χ3n) is 12.7. The zero-order valence-electron chi connectivity index (χ0n) is 36.6. The molecule has 0 nitrogen and oxygen atoms in total. The molecule has 0 heterocycles. The second kappa shape index (κ2) is 18.3. The van der Waals surface area contributed by atoms with Crippen molar-refractivity contribution in [2.45, 2.75) is 0 Å². The molecule has 0 heteroatoms. The number of hydrogen-bond donors (Lipinski definition) is 0. The minimum Gasteiger partial charge on any atom is -0.0622 e. The van der Waals surface area contributed by atoms with Crippen LogP contribution in [0.2, 0.25) is 0 Å². The quantitative estimate of drug-likeness (QED) is 0.0951. The van der Waals surface area contributed by atoms with Gasteiger partial charge in [-0.1, -0.05) is 243 Å². The van der Waals surface area contributed by atoms with Crippen LogP contribution >= 0.6 is 0 Å². The van der Waals surface area contributed by atoms with Gasteiger partial charge in [0.1, 0.15) is 0 Å². The van der Waals surface area contributed by atoms with Crippen LogP contribution in [0.15, 0.2) is 243 Å². The second-order valence-corrected chi connectivity index (χ2v) is 16.9. The summed E-state index contributed by atoms with van der Waals surface area (Å²) in [6.07, 6.45) is 13.9. The molecule has 0 fully saturated rings. The fraction of sp³-hybridized carbons (Fsp3) is 0. The van der Waals surface area contributed by atoms with E-state index in [9.17, 15) is 0 Å². The molecule has 66 heavy (non-hydrogen) atoms. The summed E-state index contributed by atoms with van der Waals surface area (Å²) in [6, 6.07) is 87.5. The predicted octanol–water partition coefficient (Wildman–Crippen LogP) is 17.8. The first-order valence-electron chi connectivity index (χ1n) is 22.7. The molecule has 0 atom stereocenters. The highest BCUT2D eigenvalue weighted by Gasteiger charge is 2.13. The minimum atomic E-state index is 1.15. The van der Waals surface area contributed by atoms with E-state index in [0.29, 0.717) is 0 Å². The molecule has 0 unspecified atom stereocenters. The first kappa shape index (κ1) is 40.2. The summed E-state index contributed by atoms with van der Waals surface area (Å²) in [5.74, 6) is 0. The Morgan fingerprint density at radius 1 is 0.227 bits per heavy atom. The highest BCUT2D eigenvalue weighted by molar-refractivity contribution is 6.06. The van der Waals surface area contributed by atoms with Crippen LogP contribution in [0.25, 0.3) is 90.7 Å². The first-order valence-corrected chi connectivity index (χ1v) is 22.7. The Morgan fingerprint density at radius 3 is 1.00 bits per heavy atom. The zero-order valence-corrected chi connectivity index (χ0v) is 36.6. The van der Waals surface area contributed by atoms with Gasteiger partial charge in [0.25, 0.3) is 0 Å². The van der Waals surface area contributed by atoms with Crippen molar-refractivity contribution in [3.8, 4) is 0 Å². The number of rotatable bonds is 10. The molecule has 0 radical (unpaired) electrons. The van der Waals surface area contributed by atoms with Crippen molar-refractivity contribution in [3.63, 3.8) is 0 Å². The molecular formula is C66H46. The van der Waals surface area contributed by atoms with E-state index in [2.05, 4.69) is 279 Å². The molecular weight excluding hydrogens is 793 g/mol. The Balaban J connectivity index is 1.03. The molecule has 0 aromatic heterocycles. The van der Waals surface area contributed by atoms with E-state index in [4.69, 9.17) is 0 Å². The monoisotopic (exact) mass is 838 g/mol. The molecule has 310 valence electrons. The number of fused-ring (bicyclic) bond motifs is 4. The van der Waals surface area contributed by atoms with Gasteiger partial charge in [-0.2, -0.15) is 0 Å². The lowest BCUT2D eigenvalue weighted by atomic mass is 9.90. The topological polar surface area (TPSA) is 0 Å². The number of hydrogen-bond acceptors (Lipinski definition) is 0. The van der Waals surface area contributed by atoms with Crippen LogP contribution in [0.1, 0.15) is 55.6 Å². The van der Waals surface area contributed by atoms with Crippen LogP contribution in [0.4, 0.5) is 0 Å². The van der Waals surface area contributed by atoms with Crippen molar-refractivity contribution in [1.29, 1.82) is 0 Å². The van der Waals surface area contributed by atoms with E-state index in [1.807, 2.05) is 0 Å². The zero-order chi connectivity index (χ0) is 44.1. The summed E-state index contributed by atoms with van der Waals surface area (Å²) in [5.41, 5.74) is 14.1. The van der Waals surface area contributed by atoms with E-state index < -0.39 is 0 Å². The van der Waals surface area contributed by atoms with Crippen molar-refractivity contribution < 1.29 is 0 Å². The van der Waals surface area contributed by atoms with Crippen molar-refractivity contribution in [2.24, 2.45) is 0 Å². The van der Waals surface area contributed by atoms with E-state index in [0.717, 1.165) is 33.4 Å². The van der Waals surface area contributed by atoms with E-state index >= 15 is 0 Å². The normalized spacial score (nSPS) is 12.3. The van der Waals surface area contributed by atoms with Gasteiger partial charge in [-0.25, -0.2) is 0 Å². The Labute approximate surface area is 387 Å². The molecule has 0 saturated carbocycles. The van der Waals surface area contributed by atoms with E-state index in [-0.39, 0.29) is 0 Å². The van der Waals surface area contributed by atoms with Gasteiger partial charge in [0.15, 0.2) is 0 Å². The highest BCUT2D eigenvalue weighted by Crippen LogP contribution is 2.36. The molecule has 0 N–H and O–H groups in total. The average Bonchev–Trinajstić information content (AvgIpc) is 3.38. The Hall–Kier alpha value is -8.58. The Bertz CT molecular complexity index is 3420. The molecule has 0 spiro atoms. The predicted molar refractivity (Wildman–Crippen MR) is 287 cm³/mol. The van der Waals surface area contributed by atoms with Gasteiger partial charge in [-0.05, 0) is 146 Å². The van der Waals surface area contributed by atoms with Crippen molar-refractivity contribution >= 4 is 90.7 Å². The molecule has 0 aliphatic rings. The van der Waals surface area contributed by atoms with Crippen molar-refractivity contribution in [1.82, 2.24) is 0 Å². The Morgan fingerprint density at radius 2 is 0.561 bits per heavy atom. The maximum Gasteiger partial charge on any atom is -0.00990 e. The van der Waals surface area contributed by atoms with Gasteiger partial charge in [0.2, 0.25) is 0 Å². The fourth-order valence-electron chi connectivity index (χ4n) is 9.36. The van der Waals surface area contributed by atoms with Gasteiger partial charge in [0.05, 0.1) is 0 Å². The molecule has 0 amide bonds. The Kier molecular flexibility index (Phi) is 11.1. The molecule has 0 aliphatic carbocycles. The average molecular weight is 839 g/mol. The lowest BCUT2D eigenvalue weighted by Crippen LogP contribution is -1.91. The molecule has 0 saturated heterocycles. The molecule has 11 aromatic carbocycles. The third-order valence-corrected chi connectivity index (χ3v) is 12.7. The summed E-state index contributed by atoms with van der Waals surface area (Å²) in [4.78, 5) is 0. The largest absolute Gasteiger partial charge is 0.0622 e. The fourth-order valence-corrected chi connectivity index (χ4v) is 9.36. The first-order chi connectivity index (χ1) is 32.7. The van der Waals surface area contributed by atoms with Crippen molar-refractivity contribution in [3.05, 3.63) is 298 Å². The van der Waals surface area contributed by atoms with Crippen LogP contribution < -0.4 is 0 Å². The molecule has 0 aliphatic heterocycles. The third kappa shape index (κ3) is 8.32. The lowest BCUT2D eigenvalue weighted by Gasteiger charge is -2.14. The van der Waals surface area contributed by atoms with Crippen LogP contribution in [0, 0.1) is 0 Å². The summed E-state index contributed by atoms with van der Waals surface area (Å²) < 4.78 is 0. The van der Waals surface area contributed by atoms with Crippen LogP contribution in [0.3, 0.4) is 0 Å². The second-order valence-electron chi connectivity index (χ2n) is 16.9. The molecule has 0 bridgehead atoms. The summed E-state index contributed by atoms with van der Waals surface area (Å²) in [7, 11) is 0. The standard InChI is InChI=1S/C66H46/c1-3-21-51(22-4-1)65(63-35-17-31-49-25-13-15-33-61(49)63)45-55-29-9-7-19-47(55)37-39-57-43-59-41-53-27-11-12-28-54(53)42-60(59)44-58(57)40-38-48-20-8-10-30-56(48)46-66(52-23-5-2-6-24-52)64-36-18-32-50-26-14-16-34-62(50)64/h1-46H. The van der Waals surface area contributed by atoms with Crippen LogP contribution in [-0.4, -0.2) is 0 Å². The van der Waals surface area contributed by atoms with E-state index in [1.54, 1.807) is 0 Å². The summed E-state index contributed by atoms with van der Waals surface area (Å²) >= 11 is 0. The highest BCUT2D eigenvalue weighted by atomic mass is 14.2. The lowest BCUT2D eigenvalue weighted by molar-refractivity contribution is 1.56. The van der Waals surface area contributed by atoms with Gasteiger partial charge in [-0.3, -0.25) is 0 Å². The van der Waals surface area contributed by atoms with Gasteiger partial charge >= 0.3 is 0 Å². The molecule has 11 rings (SSSR count). The minimum absolute atomic E-state index is 1.15.